The molecule has 3 N–H and O–H groups in total. The molecule has 0 radical (unpaired) electrons. The van der Waals surface area contributed by atoms with Crippen LogP contribution in [0, 0.1) is 0 Å². The van der Waals surface area contributed by atoms with E-state index in [-0.39, 0.29) is 6.42 Å². The summed E-state index contributed by atoms with van der Waals surface area (Å²) in [4.78, 5) is 13.9. The summed E-state index contributed by atoms with van der Waals surface area (Å²) in [6.45, 7) is 1.16. The van der Waals surface area contributed by atoms with Crippen LogP contribution in [-0.4, -0.2) is 44.3 Å². The molecule has 0 saturated carbocycles. The van der Waals surface area contributed by atoms with Crippen LogP contribution in [0.1, 0.15) is 12.8 Å². The van der Waals surface area contributed by atoms with Crippen molar-refractivity contribution in [2.24, 2.45) is 0 Å². The second-order valence-electron chi connectivity index (χ2n) is 5.57. The molecule has 2 atom stereocenters. The zero-order chi connectivity index (χ0) is 16.9. The van der Waals surface area contributed by atoms with Crippen molar-refractivity contribution >= 4 is 11.6 Å². The maximum atomic E-state index is 12.5. The van der Waals surface area contributed by atoms with Crippen LogP contribution in [-0.2, 0) is 4.79 Å². The standard InChI is InChI=1S/C15H21F3N4O/c1-22(11-6-3-2-4-7-11)9-5-8-19-14(23)12-10-13(21-20-12)15(16,17)18/h2-4,6-7,12-13,20-21H,5,8-10H2,1H3,(H,19,23). The first-order valence-electron chi connectivity index (χ1n) is 7.49. The highest BCUT2D eigenvalue weighted by atomic mass is 19.4. The Morgan fingerprint density at radius 2 is 2.00 bits per heavy atom. The van der Waals surface area contributed by atoms with E-state index in [4.69, 9.17) is 0 Å². The van der Waals surface area contributed by atoms with Crippen LogP contribution in [0.4, 0.5) is 18.9 Å². The number of carbonyl (C=O) groups excluding carboxylic acids is 1. The lowest BCUT2D eigenvalue weighted by Crippen LogP contribution is -2.45. The summed E-state index contributed by atoms with van der Waals surface area (Å²) in [6, 6.07) is 7.28. The van der Waals surface area contributed by atoms with Gasteiger partial charge in [-0.05, 0) is 25.0 Å². The first-order valence-corrected chi connectivity index (χ1v) is 7.49. The van der Waals surface area contributed by atoms with Gasteiger partial charge in [-0.1, -0.05) is 18.2 Å². The SMILES string of the molecule is CN(CCCNC(=O)C1CC(C(F)(F)F)NN1)c1ccccc1. The number of carbonyl (C=O) groups is 1. The van der Waals surface area contributed by atoms with Crippen LogP contribution in [0.5, 0.6) is 0 Å². The van der Waals surface area contributed by atoms with E-state index in [0.717, 1.165) is 12.2 Å². The highest BCUT2D eigenvalue weighted by Gasteiger charge is 2.45. The monoisotopic (exact) mass is 330 g/mol. The number of nitrogens with zero attached hydrogens (tertiary/aromatic N) is 1. The summed E-state index contributed by atoms with van der Waals surface area (Å²) in [5.74, 6) is -0.411. The van der Waals surface area contributed by atoms with Crippen LogP contribution in [0.2, 0.25) is 0 Å². The molecule has 5 nitrogen and oxygen atoms in total. The van der Waals surface area contributed by atoms with Gasteiger partial charge in [-0.25, -0.2) is 10.9 Å². The van der Waals surface area contributed by atoms with Gasteiger partial charge in [0.15, 0.2) is 0 Å². The zero-order valence-corrected chi connectivity index (χ0v) is 12.9. The van der Waals surface area contributed by atoms with E-state index in [1.165, 1.54) is 0 Å². The van der Waals surface area contributed by atoms with Gasteiger partial charge in [-0.2, -0.15) is 13.2 Å². The van der Waals surface area contributed by atoms with Crippen LogP contribution in [0.15, 0.2) is 30.3 Å². The van der Waals surface area contributed by atoms with Gasteiger partial charge < -0.3 is 10.2 Å². The van der Waals surface area contributed by atoms with Crippen molar-refractivity contribution < 1.29 is 18.0 Å². The number of hydrogen-bond donors (Lipinski definition) is 3. The molecule has 1 amide bonds. The van der Waals surface area contributed by atoms with Gasteiger partial charge in [0.1, 0.15) is 12.1 Å². The summed E-state index contributed by atoms with van der Waals surface area (Å²) in [5.41, 5.74) is 5.59. The average Bonchev–Trinajstić information content (AvgIpc) is 3.02. The minimum atomic E-state index is -4.35. The third-order valence-corrected chi connectivity index (χ3v) is 3.78. The summed E-state index contributed by atoms with van der Waals surface area (Å²) in [6.07, 6.45) is -3.93. The molecule has 2 unspecified atom stereocenters. The Labute approximate surface area is 133 Å². The van der Waals surface area contributed by atoms with Crippen molar-refractivity contribution in [1.29, 1.82) is 0 Å². The fourth-order valence-corrected chi connectivity index (χ4v) is 2.41. The molecule has 0 aliphatic carbocycles. The Kier molecular flexibility index (Phi) is 5.84. The predicted molar refractivity (Wildman–Crippen MR) is 81.9 cm³/mol. The fraction of sp³-hybridized carbons (Fsp3) is 0.533. The number of benzene rings is 1. The van der Waals surface area contributed by atoms with Crippen LogP contribution >= 0.6 is 0 Å². The second kappa shape index (κ2) is 7.65. The molecular weight excluding hydrogens is 309 g/mol. The van der Waals surface area contributed by atoms with E-state index in [2.05, 4.69) is 21.1 Å². The summed E-state index contributed by atoms with van der Waals surface area (Å²) < 4.78 is 37.5. The molecule has 1 aliphatic heterocycles. The smallest absolute Gasteiger partial charge is 0.375 e. The van der Waals surface area contributed by atoms with Gasteiger partial charge in [-0.3, -0.25) is 4.79 Å². The average molecular weight is 330 g/mol. The van der Waals surface area contributed by atoms with Crippen molar-refractivity contribution in [2.75, 3.05) is 25.0 Å². The Morgan fingerprint density at radius 1 is 1.30 bits per heavy atom. The highest BCUT2D eigenvalue weighted by molar-refractivity contribution is 5.82. The second-order valence-corrected chi connectivity index (χ2v) is 5.57. The third-order valence-electron chi connectivity index (χ3n) is 3.78. The van der Waals surface area contributed by atoms with Gasteiger partial charge in [-0.15, -0.1) is 0 Å². The van der Waals surface area contributed by atoms with Gasteiger partial charge in [0.25, 0.3) is 0 Å². The zero-order valence-electron chi connectivity index (χ0n) is 12.9. The van der Waals surface area contributed by atoms with Crippen LogP contribution in [0.3, 0.4) is 0 Å². The van der Waals surface area contributed by atoms with Crippen molar-refractivity contribution in [3.63, 3.8) is 0 Å². The maximum Gasteiger partial charge on any atom is 0.405 e. The minimum absolute atomic E-state index is 0.292. The molecule has 1 aromatic rings. The lowest BCUT2D eigenvalue weighted by molar-refractivity contribution is -0.153. The lowest BCUT2D eigenvalue weighted by atomic mass is 10.1. The predicted octanol–water partition coefficient (Wildman–Crippen LogP) is 1.43. The van der Waals surface area contributed by atoms with Gasteiger partial charge in [0.05, 0.1) is 0 Å². The summed E-state index contributed by atoms with van der Waals surface area (Å²) >= 11 is 0. The van der Waals surface area contributed by atoms with Crippen molar-refractivity contribution in [2.45, 2.75) is 31.1 Å². The van der Waals surface area contributed by atoms with Gasteiger partial charge in [0, 0.05) is 25.8 Å². The summed E-state index contributed by atoms with van der Waals surface area (Å²) in [7, 11) is 1.95. The Balaban J connectivity index is 1.66. The number of rotatable bonds is 6. The molecule has 1 heterocycles. The number of amides is 1. The van der Waals surface area contributed by atoms with E-state index in [1.807, 2.05) is 37.4 Å². The molecular formula is C15H21F3N4O. The molecule has 8 heteroatoms. The normalized spacial score (nSPS) is 21.2. The van der Waals surface area contributed by atoms with Crippen molar-refractivity contribution in [1.82, 2.24) is 16.2 Å². The number of alkyl halides is 3. The maximum absolute atomic E-state index is 12.5. The molecule has 0 spiro atoms. The Morgan fingerprint density at radius 3 is 2.61 bits per heavy atom. The number of anilines is 1. The Hall–Kier alpha value is -1.80. The van der Waals surface area contributed by atoms with Gasteiger partial charge >= 0.3 is 6.18 Å². The van der Waals surface area contributed by atoms with Crippen molar-refractivity contribution in [3.05, 3.63) is 30.3 Å². The number of nitrogens with one attached hydrogen (secondary N) is 3. The number of para-hydroxylation sites is 1. The first kappa shape index (κ1) is 17.6. The van der Waals surface area contributed by atoms with E-state index in [9.17, 15) is 18.0 Å². The van der Waals surface area contributed by atoms with E-state index >= 15 is 0 Å². The fourth-order valence-electron chi connectivity index (χ4n) is 2.41. The molecule has 2 rings (SSSR count). The van der Waals surface area contributed by atoms with Gasteiger partial charge in [0.2, 0.25) is 5.91 Å². The molecule has 1 saturated heterocycles. The van der Waals surface area contributed by atoms with E-state index in [0.29, 0.717) is 13.0 Å². The molecule has 0 aromatic heterocycles. The molecule has 0 bridgehead atoms. The minimum Gasteiger partial charge on any atom is -0.375 e. The lowest BCUT2D eigenvalue weighted by Gasteiger charge is -2.19. The molecule has 1 aromatic carbocycles. The van der Waals surface area contributed by atoms with E-state index < -0.39 is 24.2 Å². The Bertz CT molecular complexity index is 509. The number of hydrazine groups is 1. The molecule has 128 valence electrons. The highest BCUT2D eigenvalue weighted by Crippen LogP contribution is 2.25. The van der Waals surface area contributed by atoms with Crippen LogP contribution < -0.4 is 21.1 Å². The molecule has 1 fully saturated rings. The first-order chi connectivity index (χ1) is 10.9. The largest absolute Gasteiger partial charge is 0.405 e. The quantitative estimate of drug-likeness (QED) is 0.691. The molecule has 23 heavy (non-hydrogen) atoms. The van der Waals surface area contributed by atoms with E-state index in [1.54, 1.807) is 0 Å². The summed E-state index contributed by atoms with van der Waals surface area (Å²) in [5, 5.41) is 2.67. The van der Waals surface area contributed by atoms with Crippen molar-refractivity contribution in [3.8, 4) is 0 Å². The molecule has 1 aliphatic rings. The number of hydrogen-bond acceptors (Lipinski definition) is 4. The third kappa shape index (κ3) is 5.11. The number of halogens is 3. The van der Waals surface area contributed by atoms with Crippen LogP contribution in [0.25, 0.3) is 0 Å². The topological polar surface area (TPSA) is 56.4 Å².